The molecular formula is C38H38N4O5S. The number of hydrogen-bond acceptors (Lipinski definition) is 8. The largest absolute Gasteiger partial charge is 0.497 e. The molecule has 6 rings (SSSR count). The third-order valence-electron chi connectivity index (χ3n) is 8.20. The van der Waals surface area contributed by atoms with Crippen molar-refractivity contribution in [1.82, 2.24) is 14.3 Å². The van der Waals surface area contributed by atoms with Crippen molar-refractivity contribution in [2.24, 2.45) is 4.99 Å². The highest BCUT2D eigenvalue weighted by Crippen LogP contribution is 2.32. The molecule has 10 heteroatoms. The number of ether oxygens (including phenoxy) is 3. The fourth-order valence-corrected chi connectivity index (χ4v) is 6.79. The van der Waals surface area contributed by atoms with Crippen molar-refractivity contribution in [2.75, 3.05) is 20.3 Å². The van der Waals surface area contributed by atoms with Gasteiger partial charge in [0.25, 0.3) is 5.56 Å². The predicted octanol–water partition coefficient (Wildman–Crippen LogP) is 6.15. The van der Waals surface area contributed by atoms with Crippen LogP contribution in [0.3, 0.4) is 0 Å². The van der Waals surface area contributed by atoms with Gasteiger partial charge in [0.15, 0.2) is 4.80 Å². The van der Waals surface area contributed by atoms with E-state index in [2.05, 4.69) is 13.0 Å². The van der Waals surface area contributed by atoms with Crippen LogP contribution in [0, 0.1) is 6.92 Å². The monoisotopic (exact) mass is 662 g/mol. The lowest BCUT2D eigenvalue weighted by Crippen LogP contribution is -2.39. The molecule has 1 aliphatic heterocycles. The van der Waals surface area contributed by atoms with Crippen LogP contribution < -0.4 is 24.4 Å². The molecule has 246 valence electrons. The van der Waals surface area contributed by atoms with Gasteiger partial charge in [-0.1, -0.05) is 55.0 Å². The Hall–Kier alpha value is -5.22. The van der Waals surface area contributed by atoms with E-state index >= 15 is 0 Å². The van der Waals surface area contributed by atoms with E-state index in [4.69, 9.17) is 24.3 Å². The van der Waals surface area contributed by atoms with Crippen LogP contribution in [0.5, 0.6) is 11.5 Å². The van der Waals surface area contributed by atoms with Crippen molar-refractivity contribution in [1.29, 1.82) is 0 Å². The first-order chi connectivity index (χ1) is 23.3. The van der Waals surface area contributed by atoms with Crippen LogP contribution in [-0.2, 0) is 9.53 Å². The van der Waals surface area contributed by atoms with Crippen molar-refractivity contribution >= 4 is 23.4 Å². The predicted molar refractivity (Wildman–Crippen MR) is 188 cm³/mol. The molecule has 5 aromatic rings. The number of aromatic nitrogens is 3. The van der Waals surface area contributed by atoms with Crippen molar-refractivity contribution < 1.29 is 19.0 Å². The second-order valence-corrected chi connectivity index (χ2v) is 12.5. The topological polar surface area (TPSA) is 96.9 Å². The van der Waals surface area contributed by atoms with Gasteiger partial charge in [0, 0.05) is 17.3 Å². The summed E-state index contributed by atoms with van der Waals surface area (Å²) in [5, 5.41) is 4.99. The van der Waals surface area contributed by atoms with E-state index in [0.717, 1.165) is 52.2 Å². The van der Waals surface area contributed by atoms with Gasteiger partial charge in [0.1, 0.15) is 17.2 Å². The molecule has 1 unspecified atom stereocenters. The minimum Gasteiger partial charge on any atom is -0.497 e. The van der Waals surface area contributed by atoms with E-state index < -0.39 is 12.0 Å². The fraction of sp³-hybridized carbons (Fsp3) is 0.263. The summed E-state index contributed by atoms with van der Waals surface area (Å²) in [5.41, 5.74) is 5.62. The van der Waals surface area contributed by atoms with Gasteiger partial charge in [0.2, 0.25) is 0 Å². The van der Waals surface area contributed by atoms with Gasteiger partial charge < -0.3 is 14.2 Å². The molecule has 0 saturated heterocycles. The van der Waals surface area contributed by atoms with Crippen LogP contribution in [0.15, 0.2) is 100 Å². The smallest absolute Gasteiger partial charge is 0.338 e. The number of hydrogen-bond donors (Lipinski definition) is 0. The van der Waals surface area contributed by atoms with Crippen LogP contribution in [-0.4, -0.2) is 40.6 Å². The number of fused-ring (bicyclic) bond motifs is 1. The summed E-state index contributed by atoms with van der Waals surface area (Å²) in [6, 6.07) is 22.5. The second kappa shape index (κ2) is 14.3. The summed E-state index contributed by atoms with van der Waals surface area (Å²) in [6.45, 7) is 8.57. The van der Waals surface area contributed by atoms with Gasteiger partial charge in [-0.3, -0.25) is 9.36 Å². The first-order valence-electron chi connectivity index (χ1n) is 16.1. The molecule has 48 heavy (non-hydrogen) atoms. The van der Waals surface area contributed by atoms with Gasteiger partial charge >= 0.3 is 5.97 Å². The SMILES string of the molecule is CCCCOc1ccc(-c2nn(-c3ccccc3)cc2/C=c2\sc3n(c2=O)C(c2ccc(OC)cc2)C(C(=O)OCC)=C(C)N=3)cc1C. The molecule has 2 aromatic heterocycles. The van der Waals surface area contributed by atoms with Crippen LogP contribution in [0.4, 0.5) is 0 Å². The fourth-order valence-electron chi connectivity index (χ4n) is 5.75. The quantitative estimate of drug-likeness (QED) is 0.124. The standard InChI is InChI=1S/C38H38N4O5S/c1-6-8-20-47-31-19-16-27(21-24(31)3)34-28(23-41(40-34)29-12-10-9-11-13-29)22-32-36(43)42-35(26-14-17-30(45-5)18-15-26)33(37(44)46-7-2)25(4)39-38(42)48-32/h9-19,21-23,35H,6-8,20H2,1-5H3/b32-22-. The van der Waals surface area contributed by atoms with E-state index in [-0.39, 0.29) is 12.2 Å². The number of aryl methyl sites for hydroxylation is 1. The number of nitrogens with zero attached hydrogens (tertiary/aromatic N) is 4. The lowest BCUT2D eigenvalue weighted by atomic mass is 9.96. The first-order valence-corrected chi connectivity index (χ1v) is 16.9. The van der Waals surface area contributed by atoms with Gasteiger partial charge in [-0.05, 0) is 86.9 Å². The summed E-state index contributed by atoms with van der Waals surface area (Å²) >= 11 is 1.28. The third-order valence-corrected chi connectivity index (χ3v) is 9.19. The minimum atomic E-state index is -0.720. The van der Waals surface area contributed by atoms with E-state index in [1.165, 1.54) is 11.3 Å². The zero-order chi connectivity index (χ0) is 33.8. The summed E-state index contributed by atoms with van der Waals surface area (Å²) in [5.74, 6) is 1.01. The van der Waals surface area contributed by atoms with Gasteiger partial charge in [-0.25, -0.2) is 14.5 Å². The molecule has 0 fully saturated rings. The Morgan fingerprint density at radius 1 is 1.02 bits per heavy atom. The summed E-state index contributed by atoms with van der Waals surface area (Å²) in [7, 11) is 1.59. The maximum absolute atomic E-state index is 14.3. The zero-order valence-corrected chi connectivity index (χ0v) is 28.5. The van der Waals surface area contributed by atoms with Crippen LogP contribution in [0.2, 0.25) is 0 Å². The highest BCUT2D eigenvalue weighted by Gasteiger charge is 2.33. The van der Waals surface area contributed by atoms with E-state index in [1.54, 1.807) is 25.5 Å². The Bertz CT molecular complexity index is 2160. The molecule has 0 spiro atoms. The number of benzene rings is 3. The van der Waals surface area contributed by atoms with Crippen molar-refractivity contribution in [3.05, 3.63) is 127 Å². The number of para-hydroxylation sites is 1. The number of carbonyl (C=O) groups excluding carboxylic acids is 1. The number of thiazole rings is 1. The average Bonchev–Trinajstić information content (AvgIpc) is 3.65. The van der Waals surface area contributed by atoms with Crippen molar-refractivity contribution in [3.63, 3.8) is 0 Å². The van der Waals surface area contributed by atoms with Crippen molar-refractivity contribution in [2.45, 2.75) is 46.6 Å². The molecule has 1 aliphatic rings. The van der Waals surface area contributed by atoms with E-state index in [0.29, 0.717) is 33.0 Å². The van der Waals surface area contributed by atoms with Gasteiger partial charge in [-0.2, -0.15) is 5.10 Å². The summed E-state index contributed by atoms with van der Waals surface area (Å²) < 4.78 is 20.7. The molecule has 0 amide bonds. The Balaban J connectivity index is 1.51. The minimum absolute atomic E-state index is 0.203. The van der Waals surface area contributed by atoms with Crippen molar-refractivity contribution in [3.8, 4) is 28.4 Å². The molecule has 1 atom stereocenters. The Labute approximate surface area is 283 Å². The Morgan fingerprint density at radius 2 is 1.79 bits per heavy atom. The van der Waals surface area contributed by atoms with E-state index in [1.807, 2.05) is 90.6 Å². The molecule has 3 aromatic carbocycles. The maximum atomic E-state index is 14.3. The number of rotatable bonds is 11. The average molecular weight is 663 g/mol. The Morgan fingerprint density at radius 3 is 2.48 bits per heavy atom. The summed E-state index contributed by atoms with van der Waals surface area (Å²) in [4.78, 5) is 32.9. The number of esters is 1. The van der Waals surface area contributed by atoms with Gasteiger partial charge in [0.05, 0.1) is 47.9 Å². The molecule has 3 heterocycles. The summed E-state index contributed by atoms with van der Waals surface area (Å²) in [6.07, 6.45) is 5.85. The molecule has 0 aliphatic carbocycles. The second-order valence-electron chi connectivity index (χ2n) is 11.5. The lowest BCUT2D eigenvalue weighted by Gasteiger charge is -2.24. The number of methoxy groups -OCH3 is 1. The highest BCUT2D eigenvalue weighted by atomic mass is 32.1. The first kappa shape index (κ1) is 32.7. The van der Waals surface area contributed by atoms with Crippen LogP contribution in [0.1, 0.15) is 56.3 Å². The zero-order valence-electron chi connectivity index (χ0n) is 27.7. The van der Waals surface area contributed by atoms with E-state index in [9.17, 15) is 9.59 Å². The normalized spacial score (nSPS) is 14.4. The molecule has 0 radical (unpaired) electrons. The molecule has 9 nitrogen and oxygen atoms in total. The third kappa shape index (κ3) is 6.48. The maximum Gasteiger partial charge on any atom is 0.338 e. The molecule has 0 N–H and O–H groups in total. The van der Waals surface area contributed by atoms with Gasteiger partial charge in [-0.15, -0.1) is 0 Å². The molecule has 0 bridgehead atoms. The van der Waals surface area contributed by atoms with Crippen LogP contribution >= 0.6 is 11.3 Å². The number of allylic oxidation sites excluding steroid dienone is 1. The Kier molecular flexibility index (Phi) is 9.72. The number of carbonyl (C=O) groups is 1. The van der Waals surface area contributed by atoms with Crippen LogP contribution in [0.25, 0.3) is 23.0 Å². The molecule has 0 saturated carbocycles. The molecular weight excluding hydrogens is 625 g/mol. The highest BCUT2D eigenvalue weighted by molar-refractivity contribution is 7.07. The lowest BCUT2D eigenvalue weighted by molar-refractivity contribution is -0.139. The number of unbranched alkanes of at least 4 members (excludes halogenated alkanes) is 1.